The molecule has 9 heavy (non-hydrogen) atoms. The number of nitrogens with zero attached hydrogens (tertiary/aromatic N) is 1. The summed E-state index contributed by atoms with van der Waals surface area (Å²) in [5.74, 6) is -0.239. The number of nitrogens with two attached hydrogens (primary N) is 1. The maximum absolute atomic E-state index is 6.48. The van der Waals surface area contributed by atoms with Crippen LogP contribution in [0, 0.1) is 5.41 Å². The molecule has 0 atom stereocenters. The third kappa shape index (κ3) is 17.7. The molecule has 4 N–H and O–H groups in total. The molecule has 7 heteroatoms. The predicted molar refractivity (Wildman–Crippen MR) is 44.5 cm³/mol. The Balaban J connectivity index is -0.000000180. The number of thiocarbonyl (C=S) groups is 1. The van der Waals surface area contributed by atoms with Gasteiger partial charge >= 0.3 is 68.9 Å². The van der Waals surface area contributed by atoms with E-state index < -0.39 is 0 Å². The molecule has 0 aliphatic carbocycles. The monoisotopic (exact) mass is 286 g/mol. The number of rotatable bonds is 1. The Morgan fingerprint density at radius 2 is 2.22 bits per heavy atom. The first-order valence-electron chi connectivity index (χ1n) is 1.44. The molecule has 0 radical (unpaired) electrons. The average molecular weight is 287 g/mol. The van der Waals surface area contributed by atoms with Gasteiger partial charge in [-0.1, -0.05) is 0 Å². The van der Waals surface area contributed by atoms with Crippen molar-refractivity contribution in [3.63, 3.8) is 0 Å². The molecule has 4 nitrogen and oxygen atoms in total. The summed E-state index contributed by atoms with van der Waals surface area (Å²) in [6.45, 7) is 0. The second-order valence-electron chi connectivity index (χ2n) is 0.729. The van der Waals surface area contributed by atoms with E-state index in [1.807, 2.05) is 5.16 Å². The molecule has 0 aromatic carbocycles. The first-order valence-corrected chi connectivity index (χ1v) is 1.85. The van der Waals surface area contributed by atoms with Gasteiger partial charge in [-0.05, 0) is 12.2 Å². The van der Waals surface area contributed by atoms with Gasteiger partial charge in [0.15, 0.2) is 0 Å². The molecule has 0 saturated heterocycles. The summed E-state index contributed by atoms with van der Waals surface area (Å²) < 4.78 is 0. The van der Waals surface area contributed by atoms with E-state index >= 15 is 0 Å². The van der Waals surface area contributed by atoms with E-state index in [1.54, 1.807) is 0 Å². The summed E-state index contributed by atoms with van der Waals surface area (Å²) in [7, 11) is 0. The summed E-state index contributed by atoms with van der Waals surface area (Å²) in [6.07, 6.45) is 0. The van der Waals surface area contributed by atoms with Gasteiger partial charge in [0.1, 0.15) is 0 Å². The number of isothiocyanates is 1. The Bertz CT molecular complexity index is 122. The molecular formula is C2H6ClCsN4S. The van der Waals surface area contributed by atoms with Crippen molar-refractivity contribution < 1.29 is 0 Å². The van der Waals surface area contributed by atoms with Gasteiger partial charge in [0, 0.05) is 0 Å². The van der Waals surface area contributed by atoms with Crippen LogP contribution in [0.2, 0.25) is 0 Å². The predicted octanol–water partition coefficient (Wildman–Crippen LogP) is -0.739. The molecule has 0 saturated carbocycles. The molecular weight excluding hydrogens is 280 g/mol. The average Bonchev–Trinajstić information content (AvgIpc) is 1.61. The molecule has 0 aromatic rings. The molecule has 0 unspecified atom stereocenters. The fraction of sp³-hybridized carbons (Fsp3) is 0. The van der Waals surface area contributed by atoms with E-state index in [0.717, 1.165) is 0 Å². The van der Waals surface area contributed by atoms with Gasteiger partial charge < -0.3 is 5.73 Å². The van der Waals surface area contributed by atoms with E-state index in [9.17, 15) is 0 Å². The van der Waals surface area contributed by atoms with Crippen LogP contribution in [0.25, 0.3) is 0 Å². The number of hydrogen-bond acceptors (Lipinski definition) is 3. The van der Waals surface area contributed by atoms with Crippen LogP contribution in [-0.4, -0.2) is 80.0 Å². The summed E-state index contributed by atoms with van der Waals surface area (Å²) in [4.78, 5) is 0. The van der Waals surface area contributed by atoms with Crippen LogP contribution in [-0.2, 0) is 0 Å². The zero-order chi connectivity index (χ0) is 5.70. The van der Waals surface area contributed by atoms with E-state index in [0.29, 0.717) is 0 Å². The van der Waals surface area contributed by atoms with Crippen molar-refractivity contribution in [1.29, 1.82) is 5.41 Å². The Morgan fingerprint density at radius 1 is 1.78 bits per heavy atom. The molecule has 48 valence electrons. The third-order valence-electron chi connectivity index (χ3n) is 0.222. The zero-order valence-corrected chi connectivity index (χ0v) is 5.47. The molecule has 0 rings (SSSR count). The first kappa shape index (κ1) is 16.8. The molecule has 0 fully saturated rings. The molecule has 0 amide bonds. The first-order chi connectivity index (χ1) is 3.27. The van der Waals surface area contributed by atoms with Crippen molar-refractivity contribution >= 4 is 105 Å². The van der Waals surface area contributed by atoms with E-state index in [4.69, 9.17) is 11.1 Å². The van der Waals surface area contributed by atoms with Crippen molar-refractivity contribution in [2.45, 2.75) is 0 Å². The second kappa shape index (κ2) is 12.1. The van der Waals surface area contributed by atoms with Crippen molar-refractivity contribution in [2.24, 2.45) is 10.8 Å². The van der Waals surface area contributed by atoms with Gasteiger partial charge in [-0.3, -0.25) is 5.41 Å². The number of halogens is 1. The molecule has 0 bridgehead atoms. The molecule has 0 aliphatic rings. The van der Waals surface area contributed by atoms with E-state index in [1.165, 1.54) is 0 Å². The van der Waals surface area contributed by atoms with Crippen LogP contribution < -0.4 is 11.2 Å². The Kier molecular flexibility index (Phi) is 22.6. The Hall–Kier alpha value is 1.41. The van der Waals surface area contributed by atoms with Crippen LogP contribution in [0.3, 0.4) is 0 Å². The van der Waals surface area contributed by atoms with Gasteiger partial charge in [-0.2, -0.15) is 0 Å². The number of hydrazone groups is 1. The SMILES string of the molecule is Cl.N=C(N)NN=C=S.[CsH]. The summed E-state index contributed by atoms with van der Waals surface area (Å²) >= 11 is 4.14. The zero-order valence-electron chi connectivity index (χ0n) is 3.84. The standard InChI is InChI=1S/C2H4N4S.ClH.Cs.H/c3-2(4)6-5-1-7;;;/h(H4,3,4,6);1H;;. The maximum atomic E-state index is 6.48. The minimum absolute atomic E-state index is 0. The topological polar surface area (TPSA) is 74.3 Å². The fourth-order valence-electron chi connectivity index (χ4n) is 0.0830. The van der Waals surface area contributed by atoms with Crippen LogP contribution in [0.5, 0.6) is 0 Å². The molecule has 0 spiro atoms. The van der Waals surface area contributed by atoms with Gasteiger partial charge in [0.2, 0.25) is 5.96 Å². The normalized spacial score (nSPS) is 4.89. The quantitative estimate of drug-likeness (QED) is 0.257. The van der Waals surface area contributed by atoms with Gasteiger partial charge in [0.05, 0.1) is 5.16 Å². The Morgan fingerprint density at radius 3 is 2.33 bits per heavy atom. The molecule has 0 heterocycles. The van der Waals surface area contributed by atoms with Crippen molar-refractivity contribution in [3.05, 3.63) is 0 Å². The molecule has 0 aromatic heterocycles. The third-order valence-corrected chi connectivity index (χ3v) is 0.313. The Labute approximate surface area is 123 Å². The van der Waals surface area contributed by atoms with Gasteiger partial charge in [0.25, 0.3) is 0 Å². The summed E-state index contributed by atoms with van der Waals surface area (Å²) in [5.41, 5.74) is 6.84. The second-order valence-corrected chi connectivity index (χ2v) is 0.911. The van der Waals surface area contributed by atoms with Crippen LogP contribution in [0.1, 0.15) is 0 Å². The van der Waals surface area contributed by atoms with Gasteiger partial charge in [-0.25, -0.2) is 5.43 Å². The molecule has 0 aliphatic heterocycles. The van der Waals surface area contributed by atoms with E-state index in [2.05, 4.69) is 22.7 Å². The van der Waals surface area contributed by atoms with Crippen LogP contribution >= 0.6 is 24.6 Å². The van der Waals surface area contributed by atoms with Crippen molar-refractivity contribution in [3.8, 4) is 0 Å². The summed E-state index contributed by atoms with van der Waals surface area (Å²) in [5, 5.41) is 11.6. The number of nitrogens with one attached hydrogen (secondary N) is 2. The van der Waals surface area contributed by atoms with Crippen LogP contribution in [0.15, 0.2) is 5.10 Å². The van der Waals surface area contributed by atoms with Gasteiger partial charge in [-0.15, -0.1) is 17.5 Å². The number of hydrogen-bond donors (Lipinski definition) is 3. The van der Waals surface area contributed by atoms with E-state index in [-0.39, 0.29) is 87.3 Å². The fourth-order valence-corrected chi connectivity index (χ4v) is 0.129. The minimum atomic E-state index is -0.239. The number of guanidine groups is 1. The van der Waals surface area contributed by atoms with Crippen molar-refractivity contribution in [1.82, 2.24) is 5.43 Å². The summed E-state index contributed by atoms with van der Waals surface area (Å²) in [6, 6.07) is 0. The van der Waals surface area contributed by atoms with Crippen LogP contribution in [0.4, 0.5) is 0 Å². The van der Waals surface area contributed by atoms with Crippen molar-refractivity contribution in [2.75, 3.05) is 0 Å².